The van der Waals surface area contributed by atoms with Gasteiger partial charge in [-0.2, -0.15) is 4.98 Å². The molecule has 9 heteroatoms. The van der Waals surface area contributed by atoms with Crippen molar-refractivity contribution in [1.82, 2.24) is 25.4 Å². The Labute approximate surface area is 141 Å². The maximum Gasteiger partial charge on any atom is 0.325 e. The molecule has 0 saturated heterocycles. The van der Waals surface area contributed by atoms with Crippen molar-refractivity contribution in [3.63, 3.8) is 0 Å². The first kappa shape index (κ1) is 16.4. The summed E-state index contributed by atoms with van der Waals surface area (Å²) in [5.74, 6) is 0.172. The summed E-state index contributed by atoms with van der Waals surface area (Å²) in [6.07, 6.45) is 1.14. The molecular formula is C16H15N5O4. The molecule has 3 rings (SSSR count). The smallest absolute Gasteiger partial charge is 0.325 e. The molecule has 0 aliphatic carbocycles. The van der Waals surface area contributed by atoms with E-state index < -0.39 is 11.2 Å². The van der Waals surface area contributed by atoms with Gasteiger partial charge >= 0.3 is 5.69 Å². The molecule has 9 nitrogen and oxygen atoms in total. The second-order valence-corrected chi connectivity index (χ2v) is 5.42. The van der Waals surface area contributed by atoms with Gasteiger partial charge in [-0.3, -0.25) is 14.6 Å². The van der Waals surface area contributed by atoms with E-state index in [2.05, 4.69) is 25.4 Å². The SMILES string of the molecule is Cc1[nH]c(=O)[nH]c(=O)c1CC(=O)NCc1ccc(-c2ncon2)cc1. The second-order valence-electron chi connectivity index (χ2n) is 5.42. The normalized spacial score (nSPS) is 10.6. The predicted molar refractivity (Wildman–Crippen MR) is 87.7 cm³/mol. The second kappa shape index (κ2) is 6.95. The number of aromatic amines is 2. The van der Waals surface area contributed by atoms with E-state index in [1.807, 2.05) is 24.3 Å². The van der Waals surface area contributed by atoms with E-state index in [-0.39, 0.29) is 17.9 Å². The third-order valence-corrected chi connectivity index (χ3v) is 3.66. The van der Waals surface area contributed by atoms with Crippen LogP contribution in [0.1, 0.15) is 16.8 Å². The van der Waals surface area contributed by atoms with E-state index in [9.17, 15) is 14.4 Å². The van der Waals surface area contributed by atoms with Crippen LogP contribution in [0.3, 0.4) is 0 Å². The van der Waals surface area contributed by atoms with Gasteiger partial charge in [0.1, 0.15) is 0 Å². The van der Waals surface area contributed by atoms with E-state index in [1.54, 1.807) is 6.92 Å². The Hall–Kier alpha value is -3.49. The lowest BCUT2D eigenvalue weighted by Crippen LogP contribution is -2.32. The molecule has 25 heavy (non-hydrogen) atoms. The van der Waals surface area contributed by atoms with Crippen LogP contribution in [-0.4, -0.2) is 26.0 Å². The van der Waals surface area contributed by atoms with Crippen LogP contribution in [0.25, 0.3) is 11.4 Å². The Morgan fingerprint density at radius 3 is 2.60 bits per heavy atom. The number of aromatic nitrogens is 4. The number of hydrogen-bond donors (Lipinski definition) is 3. The lowest BCUT2D eigenvalue weighted by Gasteiger charge is -2.07. The fourth-order valence-electron chi connectivity index (χ4n) is 2.33. The average molecular weight is 341 g/mol. The van der Waals surface area contributed by atoms with Crippen molar-refractivity contribution in [3.05, 3.63) is 68.3 Å². The molecule has 2 aromatic heterocycles. The van der Waals surface area contributed by atoms with Crippen molar-refractivity contribution >= 4 is 5.91 Å². The topological polar surface area (TPSA) is 134 Å². The average Bonchev–Trinajstić information content (AvgIpc) is 3.11. The van der Waals surface area contributed by atoms with Gasteiger partial charge in [-0.15, -0.1) is 0 Å². The molecule has 0 aliphatic rings. The van der Waals surface area contributed by atoms with Crippen molar-refractivity contribution in [2.24, 2.45) is 0 Å². The number of rotatable bonds is 5. The van der Waals surface area contributed by atoms with Gasteiger partial charge in [-0.05, 0) is 12.5 Å². The molecule has 0 bridgehead atoms. The summed E-state index contributed by atoms with van der Waals surface area (Å²) in [5, 5.41) is 6.48. The van der Waals surface area contributed by atoms with Crippen LogP contribution in [0.2, 0.25) is 0 Å². The molecule has 3 N–H and O–H groups in total. The summed E-state index contributed by atoms with van der Waals surface area (Å²) in [6.45, 7) is 1.89. The third kappa shape index (κ3) is 3.89. The van der Waals surface area contributed by atoms with Crippen molar-refractivity contribution < 1.29 is 9.32 Å². The van der Waals surface area contributed by atoms with Crippen molar-refractivity contribution in [1.29, 1.82) is 0 Å². The zero-order valence-electron chi connectivity index (χ0n) is 13.3. The highest BCUT2D eigenvalue weighted by atomic mass is 16.5. The third-order valence-electron chi connectivity index (χ3n) is 3.66. The molecule has 0 saturated carbocycles. The van der Waals surface area contributed by atoms with Gasteiger partial charge in [0.25, 0.3) is 5.56 Å². The van der Waals surface area contributed by atoms with Crippen LogP contribution < -0.4 is 16.6 Å². The molecule has 2 heterocycles. The number of H-pyrrole nitrogens is 2. The lowest BCUT2D eigenvalue weighted by atomic mass is 10.1. The maximum atomic E-state index is 12.0. The quantitative estimate of drug-likeness (QED) is 0.610. The highest BCUT2D eigenvalue weighted by molar-refractivity contribution is 5.78. The summed E-state index contributed by atoms with van der Waals surface area (Å²) in [6, 6.07) is 7.32. The van der Waals surface area contributed by atoms with E-state index >= 15 is 0 Å². The molecule has 1 aromatic carbocycles. The van der Waals surface area contributed by atoms with Gasteiger partial charge in [0.15, 0.2) is 0 Å². The first-order chi connectivity index (χ1) is 12.0. The molecule has 0 aliphatic heterocycles. The van der Waals surface area contributed by atoms with Gasteiger partial charge < -0.3 is 14.8 Å². The largest absolute Gasteiger partial charge is 0.352 e. The first-order valence-electron chi connectivity index (χ1n) is 7.47. The molecule has 0 fully saturated rings. The van der Waals surface area contributed by atoms with E-state index in [0.717, 1.165) is 11.1 Å². The number of hydrogen-bond acceptors (Lipinski definition) is 6. The Morgan fingerprint density at radius 2 is 1.96 bits per heavy atom. The zero-order chi connectivity index (χ0) is 17.8. The van der Waals surface area contributed by atoms with Crippen LogP contribution in [0.5, 0.6) is 0 Å². The van der Waals surface area contributed by atoms with E-state index in [0.29, 0.717) is 18.1 Å². The number of carbonyl (C=O) groups excluding carboxylic acids is 1. The fourth-order valence-corrected chi connectivity index (χ4v) is 2.33. The minimum Gasteiger partial charge on any atom is -0.352 e. The minimum atomic E-state index is -0.589. The molecular weight excluding hydrogens is 326 g/mol. The zero-order valence-corrected chi connectivity index (χ0v) is 13.3. The summed E-state index contributed by atoms with van der Waals surface area (Å²) in [5.41, 5.74) is 1.17. The van der Waals surface area contributed by atoms with Crippen LogP contribution in [0, 0.1) is 6.92 Å². The molecule has 0 atom stereocenters. The predicted octanol–water partition coefficient (Wildman–Crippen LogP) is 0.281. The standard InChI is InChI=1S/C16H15N5O4/c1-9-12(15(23)20-16(24)19-9)6-13(22)17-7-10-2-4-11(5-3-10)14-18-8-25-21-14/h2-5,8H,6-7H2,1H3,(H,17,22)(H2,19,20,23,24). The fraction of sp³-hybridized carbons (Fsp3) is 0.188. The van der Waals surface area contributed by atoms with Crippen molar-refractivity contribution in [3.8, 4) is 11.4 Å². The van der Waals surface area contributed by atoms with E-state index in [4.69, 9.17) is 4.52 Å². The molecule has 0 radical (unpaired) electrons. The van der Waals surface area contributed by atoms with Crippen LogP contribution >= 0.6 is 0 Å². The van der Waals surface area contributed by atoms with Crippen LogP contribution in [-0.2, 0) is 17.8 Å². The van der Waals surface area contributed by atoms with Crippen LogP contribution in [0.15, 0.2) is 44.8 Å². The summed E-state index contributed by atoms with van der Waals surface area (Å²) < 4.78 is 4.69. The minimum absolute atomic E-state index is 0.112. The van der Waals surface area contributed by atoms with E-state index in [1.165, 1.54) is 6.39 Å². The van der Waals surface area contributed by atoms with Gasteiger partial charge in [0.2, 0.25) is 18.1 Å². The van der Waals surface area contributed by atoms with Gasteiger partial charge in [-0.25, -0.2) is 4.79 Å². The molecule has 1 amide bonds. The number of nitrogens with zero attached hydrogens (tertiary/aromatic N) is 2. The van der Waals surface area contributed by atoms with Gasteiger partial charge in [0.05, 0.1) is 6.42 Å². The van der Waals surface area contributed by atoms with Crippen molar-refractivity contribution in [2.45, 2.75) is 19.9 Å². The molecule has 0 spiro atoms. The number of carbonyl (C=O) groups is 1. The number of benzene rings is 1. The molecule has 0 unspecified atom stereocenters. The molecule has 128 valence electrons. The number of amides is 1. The maximum absolute atomic E-state index is 12.0. The lowest BCUT2D eigenvalue weighted by molar-refractivity contribution is -0.120. The van der Waals surface area contributed by atoms with Gasteiger partial charge in [0, 0.05) is 23.4 Å². The summed E-state index contributed by atoms with van der Waals surface area (Å²) >= 11 is 0. The molecule has 3 aromatic rings. The monoisotopic (exact) mass is 341 g/mol. The van der Waals surface area contributed by atoms with Crippen molar-refractivity contribution in [2.75, 3.05) is 0 Å². The highest BCUT2D eigenvalue weighted by Crippen LogP contribution is 2.14. The Bertz CT molecular complexity index is 987. The highest BCUT2D eigenvalue weighted by Gasteiger charge is 2.11. The summed E-state index contributed by atoms with van der Waals surface area (Å²) in [7, 11) is 0. The summed E-state index contributed by atoms with van der Waals surface area (Å²) in [4.78, 5) is 43.5. The Balaban J connectivity index is 1.61. The Morgan fingerprint density at radius 1 is 1.20 bits per heavy atom. The van der Waals surface area contributed by atoms with Crippen LogP contribution in [0.4, 0.5) is 0 Å². The first-order valence-corrected chi connectivity index (χ1v) is 7.47. The van der Waals surface area contributed by atoms with Gasteiger partial charge in [-0.1, -0.05) is 29.4 Å². The number of nitrogens with one attached hydrogen (secondary N) is 3. The number of aryl methyl sites for hydroxylation is 1. The Kier molecular flexibility index (Phi) is 4.55.